The molecule has 1 N–H and O–H groups in total. The van der Waals surface area contributed by atoms with E-state index in [2.05, 4.69) is 0 Å². The van der Waals surface area contributed by atoms with E-state index in [1.54, 1.807) is 18.2 Å². The van der Waals surface area contributed by atoms with Crippen molar-refractivity contribution >= 4 is 23.2 Å². The Labute approximate surface area is 81.9 Å². The van der Waals surface area contributed by atoms with Crippen LogP contribution in [-0.2, 0) is 6.42 Å². The van der Waals surface area contributed by atoms with Crippen molar-refractivity contribution in [2.75, 3.05) is 5.88 Å². The van der Waals surface area contributed by atoms with Crippen LogP contribution in [0.2, 0.25) is 5.02 Å². The van der Waals surface area contributed by atoms with Crippen LogP contribution in [0.25, 0.3) is 0 Å². The fraction of sp³-hybridized carbons (Fsp3) is 0.333. The number of hydrogen-bond acceptors (Lipinski definition) is 1. The summed E-state index contributed by atoms with van der Waals surface area (Å²) in [6.45, 7) is 0. The highest BCUT2D eigenvalue weighted by Gasteiger charge is 2.00. The number of aromatic hydroxyl groups is 1. The molecule has 1 rings (SSSR count). The first-order valence-corrected chi connectivity index (χ1v) is 4.68. The van der Waals surface area contributed by atoms with Gasteiger partial charge in [-0.15, -0.1) is 11.6 Å². The first-order chi connectivity index (χ1) is 5.74. The van der Waals surface area contributed by atoms with Gasteiger partial charge in [-0.1, -0.05) is 11.6 Å². The van der Waals surface area contributed by atoms with Crippen molar-refractivity contribution in [3.05, 3.63) is 28.8 Å². The Morgan fingerprint density at radius 3 is 2.75 bits per heavy atom. The molecule has 0 aromatic heterocycles. The SMILES string of the molecule is Oc1ccc(Cl)cc1CCCCl. The Kier molecular flexibility index (Phi) is 3.70. The summed E-state index contributed by atoms with van der Waals surface area (Å²) < 4.78 is 0. The molecule has 3 heteroatoms. The zero-order valence-electron chi connectivity index (χ0n) is 6.56. The molecule has 0 saturated heterocycles. The lowest BCUT2D eigenvalue weighted by atomic mass is 10.1. The molecule has 0 bridgehead atoms. The van der Waals surface area contributed by atoms with E-state index in [1.807, 2.05) is 0 Å². The number of rotatable bonds is 3. The van der Waals surface area contributed by atoms with Gasteiger partial charge in [0.25, 0.3) is 0 Å². The number of alkyl halides is 1. The number of phenolic OH excluding ortho intramolecular Hbond substituents is 1. The Morgan fingerprint density at radius 2 is 2.08 bits per heavy atom. The largest absolute Gasteiger partial charge is 0.508 e. The van der Waals surface area contributed by atoms with Gasteiger partial charge in [-0.3, -0.25) is 0 Å². The lowest BCUT2D eigenvalue weighted by Gasteiger charge is -2.02. The molecule has 1 aromatic rings. The van der Waals surface area contributed by atoms with Gasteiger partial charge in [0.2, 0.25) is 0 Å². The van der Waals surface area contributed by atoms with Crippen molar-refractivity contribution in [2.45, 2.75) is 12.8 Å². The van der Waals surface area contributed by atoms with Crippen molar-refractivity contribution in [3.63, 3.8) is 0 Å². The molecule has 0 saturated carbocycles. The second-order valence-electron chi connectivity index (χ2n) is 2.57. The van der Waals surface area contributed by atoms with E-state index in [0.29, 0.717) is 16.7 Å². The average Bonchev–Trinajstić information content (AvgIpc) is 2.07. The fourth-order valence-corrected chi connectivity index (χ4v) is 1.34. The highest BCUT2D eigenvalue weighted by atomic mass is 35.5. The lowest BCUT2D eigenvalue weighted by molar-refractivity contribution is 0.467. The molecule has 0 aliphatic heterocycles. The van der Waals surface area contributed by atoms with E-state index in [1.165, 1.54) is 0 Å². The number of halogens is 2. The molecule has 0 unspecified atom stereocenters. The summed E-state index contributed by atoms with van der Waals surface area (Å²) in [5.74, 6) is 0.899. The number of benzene rings is 1. The first-order valence-electron chi connectivity index (χ1n) is 3.77. The van der Waals surface area contributed by atoms with E-state index < -0.39 is 0 Å². The van der Waals surface area contributed by atoms with Crippen molar-refractivity contribution in [1.29, 1.82) is 0 Å². The topological polar surface area (TPSA) is 20.2 Å². The highest BCUT2D eigenvalue weighted by Crippen LogP contribution is 2.22. The Hall–Kier alpha value is -0.400. The fourth-order valence-electron chi connectivity index (χ4n) is 1.01. The number of phenols is 1. The van der Waals surface area contributed by atoms with E-state index in [4.69, 9.17) is 23.2 Å². The molecule has 0 radical (unpaired) electrons. The van der Waals surface area contributed by atoms with Gasteiger partial charge in [-0.05, 0) is 36.6 Å². The first kappa shape index (κ1) is 9.69. The van der Waals surface area contributed by atoms with Crippen LogP contribution < -0.4 is 0 Å². The monoisotopic (exact) mass is 204 g/mol. The van der Waals surface area contributed by atoms with E-state index in [-0.39, 0.29) is 0 Å². The van der Waals surface area contributed by atoms with Gasteiger partial charge < -0.3 is 5.11 Å². The Balaban J connectivity index is 2.75. The van der Waals surface area contributed by atoms with Crippen molar-refractivity contribution in [1.82, 2.24) is 0 Å². The van der Waals surface area contributed by atoms with Gasteiger partial charge in [0.15, 0.2) is 0 Å². The minimum absolute atomic E-state index is 0.296. The van der Waals surface area contributed by atoms with Crippen LogP contribution in [-0.4, -0.2) is 11.0 Å². The third-order valence-corrected chi connectivity index (χ3v) is 2.12. The summed E-state index contributed by atoms with van der Waals surface area (Å²) in [6, 6.07) is 5.04. The van der Waals surface area contributed by atoms with E-state index >= 15 is 0 Å². The summed E-state index contributed by atoms with van der Waals surface area (Å²) in [6.07, 6.45) is 1.63. The summed E-state index contributed by atoms with van der Waals surface area (Å²) in [7, 11) is 0. The molecule has 66 valence electrons. The highest BCUT2D eigenvalue weighted by molar-refractivity contribution is 6.30. The molecule has 0 heterocycles. The molecular formula is C9H10Cl2O. The van der Waals surface area contributed by atoms with Gasteiger partial charge >= 0.3 is 0 Å². The second kappa shape index (κ2) is 4.58. The molecule has 0 amide bonds. The third-order valence-electron chi connectivity index (χ3n) is 1.62. The zero-order chi connectivity index (χ0) is 8.97. The normalized spacial score (nSPS) is 10.2. The Bertz CT molecular complexity index is 261. The van der Waals surface area contributed by atoms with Crippen LogP contribution in [0.4, 0.5) is 0 Å². The van der Waals surface area contributed by atoms with Crippen LogP contribution >= 0.6 is 23.2 Å². The molecule has 0 fully saturated rings. The quantitative estimate of drug-likeness (QED) is 0.751. The minimum Gasteiger partial charge on any atom is -0.508 e. The predicted molar refractivity (Wildman–Crippen MR) is 52.2 cm³/mol. The second-order valence-corrected chi connectivity index (χ2v) is 3.38. The van der Waals surface area contributed by atoms with Gasteiger partial charge in [0.05, 0.1) is 0 Å². The average molecular weight is 205 g/mol. The molecular weight excluding hydrogens is 195 g/mol. The summed E-state index contributed by atoms with van der Waals surface area (Å²) in [4.78, 5) is 0. The molecule has 1 aromatic carbocycles. The number of aryl methyl sites for hydroxylation is 1. The van der Waals surface area contributed by atoms with Gasteiger partial charge in [0.1, 0.15) is 5.75 Å². The maximum atomic E-state index is 9.36. The zero-order valence-corrected chi connectivity index (χ0v) is 8.07. The summed E-state index contributed by atoms with van der Waals surface area (Å²) in [5.41, 5.74) is 0.864. The van der Waals surface area contributed by atoms with Crippen molar-refractivity contribution < 1.29 is 5.11 Å². The third kappa shape index (κ3) is 2.58. The molecule has 0 spiro atoms. The number of hydrogen-bond donors (Lipinski definition) is 1. The van der Waals surface area contributed by atoms with Gasteiger partial charge in [-0.2, -0.15) is 0 Å². The van der Waals surface area contributed by atoms with Gasteiger partial charge in [0, 0.05) is 10.9 Å². The predicted octanol–water partition coefficient (Wildman–Crippen LogP) is 3.22. The van der Waals surface area contributed by atoms with Crippen LogP contribution in [0, 0.1) is 0 Å². The minimum atomic E-state index is 0.296. The maximum absolute atomic E-state index is 9.36. The Morgan fingerprint density at radius 1 is 1.33 bits per heavy atom. The summed E-state index contributed by atoms with van der Waals surface area (Å²) >= 11 is 11.3. The van der Waals surface area contributed by atoms with Crippen LogP contribution in [0.5, 0.6) is 5.75 Å². The maximum Gasteiger partial charge on any atom is 0.118 e. The standard InChI is InChI=1S/C9H10Cl2O/c10-5-1-2-7-6-8(11)3-4-9(7)12/h3-4,6,12H,1-2,5H2. The molecule has 12 heavy (non-hydrogen) atoms. The van der Waals surface area contributed by atoms with Crippen molar-refractivity contribution in [2.24, 2.45) is 0 Å². The molecule has 0 atom stereocenters. The van der Waals surface area contributed by atoms with Crippen LogP contribution in [0.1, 0.15) is 12.0 Å². The molecule has 0 aliphatic rings. The molecule has 0 aliphatic carbocycles. The summed E-state index contributed by atoms with van der Waals surface area (Å²) in [5, 5.41) is 10.0. The van der Waals surface area contributed by atoms with E-state index in [9.17, 15) is 5.11 Å². The van der Waals surface area contributed by atoms with Crippen LogP contribution in [0.3, 0.4) is 0 Å². The lowest BCUT2D eigenvalue weighted by Crippen LogP contribution is -1.86. The van der Waals surface area contributed by atoms with Crippen molar-refractivity contribution in [3.8, 4) is 5.75 Å². The molecule has 1 nitrogen and oxygen atoms in total. The van der Waals surface area contributed by atoms with Crippen LogP contribution in [0.15, 0.2) is 18.2 Å². The van der Waals surface area contributed by atoms with E-state index in [0.717, 1.165) is 18.4 Å². The smallest absolute Gasteiger partial charge is 0.118 e. The van der Waals surface area contributed by atoms with Gasteiger partial charge in [-0.25, -0.2) is 0 Å².